The molecular weight excluding hydrogens is 319 g/mol. The van der Waals surface area contributed by atoms with Crippen molar-refractivity contribution in [3.8, 4) is 0 Å². The van der Waals surface area contributed by atoms with Gasteiger partial charge in [-0.25, -0.2) is 4.39 Å². The highest BCUT2D eigenvalue weighted by Crippen LogP contribution is 2.14. The van der Waals surface area contributed by atoms with E-state index in [2.05, 4.69) is 10.2 Å². The molecule has 0 unspecified atom stereocenters. The fourth-order valence-electron chi connectivity index (χ4n) is 2.66. The molecule has 0 bridgehead atoms. The van der Waals surface area contributed by atoms with Crippen molar-refractivity contribution in [2.24, 2.45) is 0 Å². The van der Waals surface area contributed by atoms with E-state index in [4.69, 9.17) is 0 Å². The Balaban J connectivity index is 1.74. The van der Waals surface area contributed by atoms with Gasteiger partial charge in [-0.3, -0.25) is 14.7 Å². The number of nitrogens with zero attached hydrogens (tertiary/aromatic N) is 1. The van der Waals surface area contributed by atoms with Gasteiger partial charge >= 0.3 is 0 Å². The summed E-state index contributed by atoms with van der Waals surface area (Å²) in [7, 11) is 0. The number of nitrogens with one attached hydrogen (secondary N) is 1. The lowest BCUT2D eigenvalue weighted by Gasteiger charge is -2.04. The molecule has 25 heavy (non-hydrogen) atoms. The predicted molar refractivity (Wildman–Crippen MR) is 92.2 cm³/mol. The third kappa shape index (κ3) is 4.07. The number of benzene rings is 2. The number of rotatable bonds is 6. The van der Waals surface area contributed by atoms with Gasteiger partial charge in [-0.05, 0) is 30.7 Å². The second-order valence-corrected chi connectivity index (χ2v) is 5.97. The predicted octanol–water partition coefficient (Wildman–Crippen LogP) is 3.71. The Kier molecular flexibility index (Phi) is 4.84. The molecule has 0 saturated heterocycles. The number of aryl methyl sites for hydroxylation is 1. The van der Waals surface area contributed by atoms with E-state index in [1.54, 1.807) is 18.2 Å². The molecule has 0 fully saturated rings. The molecule has 0 spiro atoms. The third-order valence-electron chi connectivity index (χ3n) is 3.97. The molecule has 0 radical (unpaired) electrons. The summed E-state index contributed by atoms with van der Waals surface area (Å²) >= 11 is 0. The molecule has 2 aromatic carbocycles. The molecule has 5 heteroatoms. The van der Waals surface area contributed by atoms with E-state index in [0.29, 0.717) is 22.4 Å². The highest BCUT2D eigenvalue weighted by atomic mass is 19.1. The number of carbonyl (C=O) groups is 2. The molecule has 4 nitrogen and oxygen atoms in total. The van der Waals surface area contributed by atoms with E-state index in [9.17, 15) is 14.0 Å². The van der Waals surface area contributed by atoms with Gasteiger partial charge in [-0.2, -0.15) is 5.10 Å². The summed E-state index contributed by atoms with van der Waals surface area (Å²) in [6.07, 6.45) is 1.73. The molecule has 1 aromatic heterocycles. The van der Waals surface area contributed by atoms with Crippen LogP contribution in [0.15, 0.2) is 54.7 Å². The lowest BCUT2D eigenvalue weighted by molar-refractivity contribution is 0.0985. The van der Waals surface area contributed by atoms with E-state index < -0.39 is 0 Å². The molecule has 3 rings (SSSR count). The highest BCUT2D eigenvalue weighted by Gasteiger charge is 2.17. The van der Waals surface area contributed by atoms with Crippen LogP contribution in [-0.2, 0) is 12.8 Å². The molecule has 0 aliphatic carbocycles. The Bertz CT molecular complexity index is 913. The van der Waals surface area contributed by atoms with Crippen LogP contribution in [0.2, 0.25) is 0 Å². The fraction of sp³-hybridized carbons (Fsp3) is 0.150. The molecule has 0 aliphatic rings. The summed E-state index contributed by atoms with van der Waals surface area (Å²) in [5, 5.41) is 6.58. The lowest BCUT2D eigenvalue weighted by Crippen LogP contribution is -2.10. The molecule has 0 amide bonds. The molecular formula is C20H17FN2O2. The number of hydrogen-bond acceptors (Lipinski definition) is 3. The van der Waals surface area contributed by atoms with Crippen LogP contribution in [0.3, 0.4) is 0 Å². The van der Waals surface area contributed by atoms with E-state index in [-0.39, 0.29) is 30.2 Å². The molecule has 126 valence electrons. The van der Waals surface area contributed by atoms with Crippen LogP contribution in [-0.4, -0.2) is 21.8 Å². The van der Waals surface area contributed by atoms with Crippen LogP contribution < -0.4 is 0 Å². The Labute approximate surface area is 144 Å². The monoisotopic (exact) mass is 336 g/mol. The Morgan fingerprint density at radius 1 is 1.04 bits per heavy atom. The summed E-state index contributed by atoms with van der Waals surface area (Å²) in [6.45, 7) is 1.92. The third-order valence-corrected chi connectivity index (χ3v) is 3.97. The minimum Gasteiger partial charge on any atom is -0.294 e. The summed E-state index contributed by atoms with van der Waals surface area (Å²) in [6, 6.07) is 13.1. The maximum absolute atomic E-state index is 13.0. The zero-order valence-electron chi connectivity index (χ0n) is 13.8. The number of carbonyl (C=O) groups excluding carboxylic acids is 2. The van der Waals surface area contributed by atoms with Crippen LogP contribution in [0.4, 0.5) is 4.39 Å². The second-order valence-electron chi connectivity index (χ2n) is 5.97. The standard InChI is InChI=1S/C20H17FN2O2/c1-13-3-2-4-15(9-13)18(24)11-16-12-22-23-20(16)19(25)10-14-5-7-17(21)8-6-14/h2-9,12H,10-11H2,1H3,(H,22,23). The van der Waals surface area contributed by atoms with Crippen molar-refractivity contribution in [2.45, 2.75) is 19.8 Å². The number of aromatic nitrogens is 2. The first-order valence-electron chi connectivity index (χ1n) is 7.92. The van der Waals surface area contributed by atoms with Gasteiger partial charge in [-0.1, -0.05) is 35.9 Å². The summed E-state index contributed by atoms with van der Waals surface area (Å²) in [5.74, 6) is -0.598. The molecule has 0 aliphatic heterocycles. The van der Waals surface area contributed by atoms with Gasteiger partial charge < -0.3 is 0 Å². The minimum atomic E-state index is -0.345. The average molecular weight is 336 g/mol. The number of H-pyrrole nitrogens is 1. The first-order chi connectivity index (χ1) is 12.0. The maximum Gasteiger partial charge on any atom is 0.185 e. The SMILES string of the molecule is Cc1cccc(C(=O)Cc2cn[nH]c2C(=O)Cc2ccc(F)cc2)c1. The summed E-state index contributed by atoms with van der Waals surface area (Å²) < 4.78 is 13.0. The first kappa shape index (κ1) is 16.8. The van der Waals surface area contributed by atoms with Crippen molar-refractivity contribution in [1.29, 1.82) is 0 Å². The summed E-state index contributed by atoms with van der Waals surface area (Å²) in [5.41, 5.74) is 3.21. The number of Topliss-reactive ketones (excluding diaryl/α,β-unsaturated/α-hetero) is 2. The molecule has 0 atom stereocenters. The zero-order valence-corrected chi connectivity index (χ0v) is 13.8. The molecule has 0 saturated carbocycles. The smallest absolute Gasteiger partial charge is 0.185 e. The molecule has 1 heterocycles. The highest BCUT2D eigenvalue weighted by molar-refractivity contribution is 6.01. The van der Waals surface area contributed by atoms with Crippen molar-refractivity contribution in [3.05, 3.63) is 88.5 Å². The molecule has 3 aromatic rings. The van der Waals surface area contributed by atoms with Gasteiger partial charge in [0.25, 0.3) is 0 Å². The van der Waals surface area contributed by atoms with Crippen LogP contribution in [0.5, 0.6) is 0 Å². The largest absolute Gasteiger partial charge is 0.294 e. The normalized spacial score (nSPS) is 10.6. The quantitative estimate of drug-likeness (QED) is 0.698. The number of hydrogen-bond donors (Lipinski definition) is 1. The van der Waals surface area contributed by atoms with Crippen LogP contribution >= 0.6 is 0 Å². The van der Waals surface area contributed by atoms with Gasteiger partial charge in [-0.15, -0.1) is 0 Å². The number of halogens is 1. The van der Waals surface area contributed by atoms with Crippen LogP contribution in [0.25, 0.3) is 0 Å². The second kappa shape index (κ2) is 7.21. The zero-order chi connectivity index (χ0) is 17.8. The van der Waals surface area contributed by atoms with Crippen molar-refractivity contribution in [3.63, 3.8) is 0 Å². The van der Waals surface area contributed by atoms with E-state index in [1.165, 1.54) is 18.3 Å². The van der Waals surface area contributed by atoms with Gasteiger partial charge in [0.1, 0.15) is 11.5 Å². The van der Waals surface area contributed by atoms with Gasteiger partial charge in [0.15, 0.2) is 11.6 Å². The van der Waals surface area contributed by atoms with E-state index in [0.717, 1.165) is 5.56 Å². The number of aromatic amines is 1. The number of ketones is 2. The minimum absolute atomic E-state index is 0.0686. The van der Waals surface area contributed by atoms with Crippen LogP contribution in [0.1, 0.15) is 37.5 Å². The fourth-order valence-corrected chi connectivity index (χ4v) is 2.66. The van der Waals surface area contributed by atoms with Gasteiger partial charge in [0.2, 0.25) is 0 Å². The van der Waals surface area contributed by atoms with E-state index >= 15 is 0 Å². The summed E-state index contributed by atoms with van der Waals surface area (Å²) in [4.78, 5) is 24.9. The van der Waals surface area contributed by atoms with Gasteiger partial charge in [0.05, 0.1) is 6.20 Å². The lowest BCUT2D eigenvalue weighted by atomic mass is 9.99. The van der Waals surface area contributed by atoms with Gasteiger partial charge in [0, 0.05) is 24.0 Å². The van der Waals surface area contributed by atoms with Crippen molar-refractivity contribution < 1.29 is 14.0 Å². The topological polar surface area (TPSA) is 62.8 Å². The van der Waals surface area contributed by atoms with Crippen molar-refractivity contribution in [2.75, 3.05) is 0 Å². The average Bonchev–Trinajstić information content (AvgIpc) is 3.05. The van der Waals surface area contributed by atoms with Crippen molar-refractivity contribution >= 4 is 11.6 Å². The Hall–Kier alpha value is -3.08. The first-order valence-corrected chi connectivity index (χ1v) is 7.92. The Morgan fingerprint density at radius 2 is 1.80 bits per heavy atom. The van der Waals surface area contributed by atoms with E-state index in [1.807, 2.05) is 25.1 Å². The molecule has 1 N–H and O–H groups in total. The van der Waals surface area contributed by atoms with Crippen molar-refractivity contribution in [1.82, 2.24) is 10.2 Å². The Morgan fingerprint density at radius 3 is 2.52 bits per heavy atom. The maximum atomic E-state index is 13.0. The van der Waals surface area contributed by atoms with Crippen LogP contribution in [0, 0.1) is 12.7 Å².